The minimum Gasteiger partial charge on any atom is -0.303 e. The second-order valence-corrected chi connectivity index (χ2v) is 8.94. The Morgan fingerprint density at radius 2 is 1.69 bits per heavy atom. The molecule has 35 heavy (non-hydrogen) atoms. The second-order valence-electron chi connectivity index (χ2n) is 7.61. The van der Waals surface area contributed by atoms with Crippen molar-refractivity contribution in [3.63, 3.8) is 0 Å². The smallest absolute Gasteiger partial charge is 0.303 e. The highest BCUT2D eigenvalue weighted by atomic mass is 35.5. The average molecular weight is 513 g/mol. The highest BCUT2D eigenvalue weighted by Gasteiger charge is 2.37. The summed E-state index contributed by atoms with van der Waals surface area (Å²) in [5, 5.41) is 5.50. The van der Waals surface area contributed by atoms with Crippen molar-refractivity contribution in [2.75, 3.05) is 4.90 Å². The number of carbonyl (C=O) groups excluding carboxylic acids is 1. The summed E-state index contributed by atoms with van der Waals surface area (Å²) in [5.74, 6) is -0.638. The van der Waals surface area contributed by atoms with Crippen LogP contribution < -0.4 is 4.90 Å². The molecule has 3 aromatic heterocycles. The van der Waals surface area contributed by atoms with Crippen LogP contribution in [0.5, 0.6) is 0 Å². The number of thiophene rings is 1. The number of hydrogen-bond acceptors (Lipinski definition) is 4. The first-order chi connectivity index (χ1) is 16.8. The molecule has 0 atom stereocenters. The van der Waals surface area contributed by atoms with E-state index in [4.69, 9.17) is 11.6 Å². The molecule has 0 fully saturated rings. The summed E-state index contributed by atoms with van der Waals surface area (Å²) >= 11 is 7.73. The zero-order valence-electron chi connectivity index (χ0n) is 17.9. The largest absolute Gasteiger partial charge is 0.433 e. The van der Waals surface area contributed by atoms with Gasteiger partial charge in [0.05, 0.1) is 17.1 Å². The zero-order chi connectivity index (χ0) is 24.6. The number of carbonyl (C=O) groups is 1. The minimum absolute atomic E-state index is 0.102. The van der Waals surface area contributed by atoms with Crippen LogP contribution in [-0.4, -0.2) is 20.5 Å². The summed E-state index contributed by atoms with van der Waals surface area (Å²) in [6.07, 6.45) is -4.74. The van der Waals surface area contributed by atoms with Gasteiger partial charge in [0.15, 0.2) is 17.0 Å². The van der Waals surface area contributed by atoms with Gasteiger partial charge in [0.1, 0.15) is 5.02 Å². The van der Waals surface area contributed by atoms with Crippen LogP contribution in [0.25, 0.3) is 16.2 Å². The third-order valence-corrected chi connectivity index (χ3v) is 6.54. The lowest BCUT2D eigenvalue weighted by Crippen LogP contribution is -2.31. The number of aromatic nitrogens is 3. The summed E-state index contributed by atoms with van der Waals surface area (Å²) in [6.45, 7) is 0.174. The third kappa shape index (κ3) is 4.52. The van der Waals surface area contributed by atoms with Gasteiger partial charge in [-0.1, -0.05) is 66.2 Å². The molecule has 10 heteroatoms. The number of amides is 1. The number of alkyl halides is 3. The Bertz CT molecular complexity index is 1490. The van der Waals surface area contributed by atoms with Crippen molar-refractivity contribution in [1.82, 2.24) is 14.6 Å². The van der Waals surface area contributed by atoms with Gasteiger partial charge in [0.2, 0.25) is 0 Å². The number of rotatable bonds is 5. The maximum Gasteiger partial charge on any atom is 0.433 e. The van der Waals surface area contributed by atoms with Crippen molar-refractivity contribution in [3.8, 4) is 10.6 Å². The predicted octanol–water partition coefficient (Wildman–Crippen LogP) is 6.98. The molecule has 0 aliphatic carbocycles. The molecule has 5 aromatic rings. The average Bonchev–Trinajstić information content (AvgIpc) is 3.51. The number of benzene rings is 2. The van der Waals surface area contributed by atoms with E-state index in [0.717, 1.165) is 11.6 Å². The van der Waals surface area contributed by atoms with E-state index in [2.05, 4.69) is 10.1 Å². The topological polar surface area (TPSA) is 50.5 Å². The number of para-hydroxylation sites is 1. The molecule has 0 saturated carbocycles. The molecule has 0 spiro atoms. The van der Waals surface area contributed by atoms with E-state index in [1.807, 2.05) is 30.3 Å². The Labute approximate surface area is 207 Å². The van der Waals surface area contributed by atoms with E-state index in [-0.39, 0.29) is 28.6 Å². The van der Waals surface area contributed by atoms with E-state index in [9.17, 15) is 18.0 Å². The fourth-order valence-corrected chi connectivity index (χ4v) is 4.59. The van der Waals surface area contributed by atoms with Crippen LogP contribution in [0.15, 0.2) is 84.2 Å². The molecule has 5 rings (SSSR count). The van der Waals surface area contributed by atoms with Crippen molar-refractivity contribution in [3.05, 3.63) is 106 Å². The first-order valence-corrected chi connectivity index (χ1v) is 11.7. The van der Waals surface area contributed by atoms with Gasteiger partial charge in [0.25, 0.3) is 5.91 Å². The first-order valence-electron chi connectivity index (χ1n) is 10.4. The predicted molar refractivity (Wildman–Crippen MR) is 130 cm³/mol. The number of anilines is 1. The lowest BCUT2D eigenvalue weighted by atomic mass is 10.2. The molecule has 0 aliphatic rings. The van der Waals surface area contributed by atoms with Gasteiger partial charge in [-0.3, -0.25) is 4.79 Å². The molecular weight excluding hydrogens is 497 g/mol. The van der Waals surface area contributed by atoms with E-state index in [1.54, 1.807) is 47.8 Å². The highest BCUT2D eigenvalue weighted by Crippen LogP contribution is 2.36. The molecule has 0 radical (unpaired) electrons. The second kappa shape index (κ2) is 9.16. The van der Waals surface area contributed by atoms with Crippen LogP contribution >= 0.6 is 22.9 Å². The number of halogens is 4. The number of hydrogen-bond donors (Lipinski definition) is 0. The zero-order valence-corrected chi connectivity index (χ0v) is 19.5. The van der Waals surface area contributed by atoms with Crippen molar-refractivity contribution in [2.45, 2.75) is 12.7 Å². The van der Waals surface area contributed by atoms with Crippen molar-refractivity contribution in [2.24, 2.45) is 0 Å². The van der Waals surface area contributed by atoms with Gasteiger partial charge in [0, 0.05) is 5.69 Å². The van der Waals surface area contributed by atoms with Crippen molar-refractivity contribution >= 4 is 40.2 Å². The van der Waals surface area contributed by atoms with Gasteiger partial charge in [-0.25, -0.2) is 9.50 Å². The van der Waals surface area contributed by atoms with Crippen molar-refractivity contribution < 1.29 is 18.0 Å². The lowest BCUT2D eigenvalue weighted by molar-refractivity contribution is -0.142. The Morgan fingerprint density at radius 1 is 1.00 bits per heavy atom. The van der Waals surface area contributed by atoms with Gasteiger partial charge < -0.3 is 4.90 Å². The first kappa shape index (κ1) is 23.1. The molecule has 0 bridgehead atoms. The van der Waals surface area contributed by atoms with Crippen LogP contribution in [0, 0.1) is 0 Å². The van der Waals surface area contributed by atoms with Gasteiger partial charge in [-0.05, 0) is 35.2 Å². The van der Waals surface area contributed by atoms with Gasteiger partial charge >= 0.3 is 6.18 Å². The highest BCUT2D eigenvalue weighted by molar-refractivity contribution is 7.13. The quantitative estimate of drug-likeness (QED) is 0.255. The van der Waals surface area contributed by atoms with E-state index >= 15 is 0 Å². The number of fused-ring (bicyclic) bond motifs is 1. The summed E-state index contributed by atoms with van der Waals surface area (Å²) in [5.41, 5.74) is -0.129. The monoisotopic (exact) mass is 512 g/mol. The molecule has 1 amide bonds. The van der Waals surface area contributed by atoms with E-state index < -0.39 is 17.8 Å². The lowest BCUT2D eigenvalue weighted by Gasteiger charge is -2.22. The third-order valence-electron chi connectivity index (χ3n) is 5.30. The Hall–Kier alpha value is -3.69. The molecule has 3 heterocycles. The standard InChI is InChI=1S/C25H16ClF3N4OS/c26-21-22(24(34)32(17-10-5-2-6-11-17)15-16-8-3-1-4-9-16)31-33-20(25(27,28)29)14-18(30-23(21)33)19-12-7-13-35-19/h1-14H,15H2. The molecular formula is C25H16ClF3N4OS. The number of nitrogens with zero attached hydrogens (tertiary/aromatic N) is 4. The Balaban J connectivity index is 1.66. The molecule has 0 aliphatic heterocycles. The summed E-state index contributed by atoms with van der Waals surface area (Å²) in [6, 6.07) is 22.3. The fraction of sp³-hybridized carbons (Fsp3) is 0.0800. The summed E-state index contributed by atoms with van der Waals surface area (Å²) in [4.78, 5) is 20.0. The van der Waals surface area contributed by atoms with Crippen LogP contribution in [0.4, 0.5) is 18.9 Å². The van der Waals surface area contributed by atoms with Gasteiger partial charge in [-0.15, -0.1) is 11.3 Å². The SMILES string of the molecule is O=C(c1nn2c(C(F)(F)F)cc(-c3cccs3)nc2c1Cl)N(Cc1ccccc1)c1ccccc1. The molecule has 176 valence electrons. The molecule has 0 unspecified atom stereocenters. The van der Waals surface area contributed by atoms with Crippen LogP contribution in [0.1, 0.15) is 21.7 Å². The van der Waals surface area contributed by atoms with Crippen LogP contribution in [-0.2, 0) is 12.7 Å². The molecule has 0 saturated heterocycles. The Morgan fingerprint density at radius 3 is 2.31 bits per heavy atom. The molecule has 5 nitrogen and oxygen atoms in total. The van der Waals surface area contributed by atoms with Crippen molar-refractivity contribution in [1.29, 1.82) is 0 Å². The maximum atomic E-state index is 14.0. The fourth-order valence-electron chi connectivity index (χ4n) is 3.66. The van der Waals surface area contributed by atoms with Crippen LogP contribution in [0.3, 0.4) is 0 Å². The molecule has 0 N–H and O–H groups in total. The maximum absolute atomic E-state index is 14.0. The normalized spacial score (nSPS) is 11.7. The minimum atomic E-state index is -4.74. The van der Waals surface area contributed by atoms with E-state index in [1.165, 1.54) is 16.2 Å². The van der Waals surface area contributed by atoms with E-state index in [0.29, 0.717) is 15.1 Å². The van der Waals surface area contributed by atoms with Gasteiger partial charge in [-0.2, -0.15) is 18.3 Å². The Kier molecular flexibility index (Phi) is 6.04. The summed E-state index contributed by atoms with van der Waals surface area (Å²) in [7, 11) is 0. The summed E-state index contributed by atoms with van der Waals surface area (Å²) < 4.78 is 42.5. The van der Waals surface area contributed by atoms with Crippen LogP contribution in [0.2, 0.25) is 5.02 Å². The molecule has 2 aromatic carbocycles.